The van der Waals surface area contributed by atoms with Gasteiger partial charge in [0.2, 0.25) is 0 Å². The number of alkyl halides is 3. The van der Waals surface area contributed by atoms with Crippen LogP contribution in [0.25, 0.3) is 0 Å². The van der Waals surface area contributed by atoms with Crippen molar-refractivity contribution in [2.45, 2.75) is 17.9 Å². The monoisotopic (exact) mass is 295 g/mol. The minimum absolute atomic E-state index is 0.0573. The molecule has 106 valence electrons. The summed E-state index contributed by atoms with van der Waals surface area (Å²) in [5, 5.41) is 19.7. The van der Waals surface area contributed by atoms with Crippen molar-refractivity contribution < 1.29 is 23.4 Å². The zero-order chi connectivity index (χ0) is 14.3. The van der Waals surface area contributed by atoms with Crippen LogP contribution in [-0.4, -0.2) is 47.0 Å². The molecule has 1 fully saturated rings. The molecule has 0 saturated carbocycles. The molecule has 1 aliphatic heterocycles. The SMILES string of the molecule is OC(CN1CC(O)(c2ccc(Cl)cc2)C1)C(F)(F)F. The lowest BCUT2D eigenvalue weighted by Gasteiger charge is -2.47. The summed E-state index contributed by atoms with van der Waals surface area (Å²) in [6, 6.07) is 6.50. The lowest BCUT2D eigenvalue weighted by atomic mass is 9.86. The number of aliphatic hydroxyl groups is 2. The standard InChI is InChI=1S/C12H13ClF3NO2/c13-9-3-1-8(2-4-9)11(19)6-17(7-11)5-10(18)12(14,15)16/h1-4,10,18-19H,5-7H2. The molecule has 0 spiro atoms. The van der Waals surface area contributed by atoms with Crippen molar-refractivity contribution in [1.29, 1.82) is 0 Å². The highest BCUT2D eigenvalue weighted by molar-refractivity contribution is 6.30. The van der Waals surface area contributed by atoms with E-state index in [2.05, 4.69) is 0 Å². The van der Waals surface area contributed by atoms with Gasteiger partial charge in [-0.15, -0.1) is 0 Å². The Morgan fingerprint density at radius 2 is 1.79 bits per heavy atom. The summed E-state index contributed by atoms with van der Waals surface area (Å²) < 4.78 is 36.5. The summed E-state index contributed by atoms with van der Waals surface area (Å²) in [5.41, 5.74) is -0.565. The van der Waals surface area contributed by atoms with E-state index in [4.69, 9.17) is 16.7 Å². The number of halogens is 4. The second-order valence-corrected chi connectivity index (χ2v) is 5.20. The molecule has 2 rings (SSSR count). The third-order valence-corrected chi connectivity index (χ3v) is 3.41. The first kappa shape index (κ1) is 14.6. The first-order valence-corrected chi connectivity index (χ1v) is 6.04. The average molecular weight is 296 g/mol. The highest BCUT2D eigenvalue weighted by atomic mass is 35.5. The summed E-state index contributed by atoms with van der Waals surface area (Å²) >= 11 is 5.72. The van der Waals surface area contributed by atoms with Crippen molar-refractivity contribution in [3.8, 4) is 0 Å². The van der Waals surface area contributed by atoms with Gasteiger partial charge in [-0.3, -0.25) is 4.90 Å². The molecule has 1 atom stereocenters. The van der Waals surface area contributed by atoms with Crippen LogP contribution in [0.15, 0.2) is 24.3 Å². The van der Waals surface area contributed by atoms with Gasteiger partial charge in [-0.1, -0.05) is 23.7 Å². The minimum atomic E-state index is -4.63. The van der Waals surface area contributed by atoms with Gasteiger partial charge in [0, 0.05) is 24.7 Å². The van der Waals surface area contributed by atoms with Gasteiger partial charge in [-0.25, -0.2) is 0 Å². The van der Waals surface area contributed by atoms with Crippen LogP contribution >= 0.6 is 11.6 Å². The fourth-order valence-electron chi connectivity index (χ4n) is 2.11. The predicted molar refractivity (Wildman–Crippen MR) is 63.9 cm³/mol. The molecule has 1 heterocycles. The Balaban J connectivity index is 1.93. The highest BCUT2D eigenvalue weighted by Gasteiger charge is 2.46. The van der Waals surface area contributed by atoms with E-state index in [1.165, 1.54) is 4.90 Å². The van der Waals surface area contributed by atoms with Gasteiger partial charge in [0.15, 0.2) is 6.10 Å². The number of rotatable bonds is 3. The second kappa shape index (κ2) is 4.94. The summed E-state index contributed by atoms with van der Waals surface area (Å²) in [5.74, 6) is 0. The molecule has 2 N–H and O–H groups in total. The van der Waals surface area contributed by atoms with E-state index >= 15 is 0 Å². The fraction of sp³-hybridized carbons (Fsp3) is 0.500. The summed E-state index contributed by atoms with van der Waals surface area (Å²) in [7, 11) is 0. The Bertz CT molecular complexity index is 443. The van der Waals surface area contributed by atoms with Gasteiger partial charge in [-0.2, -0.15) is 13.2 Å². The Hall–Kier alpha value is -0.820. The Morgan fingerprint density at radius 1 is 1.26 bits per heavy atom. The molecule has 1 aliphatic rings. The maximum atomic E-state index is 12.2. The van der Waals surface area contributed by atoms with Crippen LogP contribution in [0.5, 0.6) is 0 Å². The average Bonchev–Trinajstić information content (AvgIpc) is 2.26. The van der Waals surface area contributed by atoms with Gasteiger partial charge in [0.25, 0.3) is 0 Å². The molecular formula is C12H13ClF3NO2. The molecule has 0 amide bonds. The van der Waals surface area contributed by atoms with Crippen molar-refractivity contribution >= 4 is 11.6 Å². The Labute approximate surface area is 113 Å². The van der Waals surface area contributed by atoms with Crippen LogP contribution in [0.1, 0.15) is 5.56 Å². The molecule has 1 aromatic carbocycles. The van der Waals surface area contributed by atoms with Crippen molar-refractivity contribution in [2.75, 3.05) is 19.6 Å². The number of hydrogen-bond donors (Lipinski definition) is 2. The quantitative estimate of drug-likeness (QED) is 0.893. The third-order valence-electron chi connectivity index (χ3n) is 3.16. The number of nitrogens with zero attached hydrogens (tertiary/aromatic N) is 1. The molecule has 1 unspecified atom stereocenters. The zero-order valence-electron chi connectivity index (χ0n) is 9.86. The highest BCUT2D eigenvalue weighted by Crippen LogP contribution is 2.33. The van der Waals surface area contributed by atoms with E-state index in [0.29, 0.717) is 10.6 Å². The van der Waals surface area contributed by atoms with E-state index in [1.807, 2.05) is 0 Å². The van der Waals surface area contributed by atoms with Crippen molar-refractivity contribution in [2.24, 2.45) is 0 Å². The van der Waals surface area contributed by atoms with E-state index in [0.717, 1.165) is 0 Å². The first-order chi connectivity index (χ1) is 8.71. The van der Waals surface area contributed by atoms with Crippen molar-refractivity contribution in [3.05, 3.63) is 34.9 Å². The zero-order valence-corrected chi connectivity index (χ0v) is 10.6. The Kier molecular flexibility index (Phi) is 3.79. The molecule has 0 aliphatic carbocycles. The van der Waals surface area contributed by atoms with E-state index in [-0.39, 0.29) is 13.1 Å². The Morgan fingerprint density at radius 3 is 2.26 bits per heavy atom. The summed E-state index contributed by atoms with van der Waals surface area (Å²) in [6.45, 7) is -0.414. The minimum Gasteiger partial charge on any atom is -0.382 e. The van der Waals surface area contributed by atoms with Crippen molar-refractivity contribution in [3.63, 3.8) is 0 Å². The van der Waals surface area contributed by atoms with Gasteiger partial charge in [-0.05, 0) is 17.7 Å². The lowest BCUT2D eigenvalue weighted by molar-refractivity contribution is -0.219. The van der Waals surface area contributed by atoms with Crippen LogP contribution in [0.2, 0.25) is 5.02 Å². The smallest absolute Gasteiger partial charge is 0.382 e. The molecule has 19 heavy (non-hydrogen) atoms. The number of likely N-dealkylation sites (tertiary alicyclic amines) is 1. The molecule has 0 radical (unpaired) electrons. The van der Waals surface area contributed by atoms with Gasteiger partial charge in [0.1, 0.15) is 5.60 Å². The largest absolute Gasteiger partial charge is 0.415 e. The number of benzene rings is 1. The van der Waals surface area contributed by atoms with Crippen LogP contribution in [-0.2, 0) is 5.60 Å². The molecule has 0 bridgehead atoms. The lowest BCUT2D eigenvalue weighted by Crippen LogP contribution is -2.61. The van der Waals surface area contributed by atoms with Crippen LogP contribution in [0, 0.1) is 0 Å². The normalized spacial score (nSPS) is 20.9. The second-order valence-electron chi connectivity index (χ2n) is 4.77. The number of hydrogen-bond acceptors (Lipinski definition) is 3. The van der Waals surface area contributed by atoms with Gasteiger partial charge >= 0.3 is 6.18 Å². The topological polar surface area (TPSA) is 43.7 Å². The van der Waals surface area contributed by atoms with Crippen LogP contribution < -0.4 is 0 Å². The molecule has 1 aromatic rings. The summed E-state index contributed by atoms with van der Waals surface area (Å²) in [4.78, 5) is 1.35. The first-order valence-electron chi connectivity index (χ1n) is 5.66. The van der Waals surface area contributed by atoms with E-state index < -0.39 is 24.4 Å². The molecule has 0 aromatic heterocycles. The molecule has 1 saturated heterocycles. The fourth-order valence-corrected chi connectivity index (χ4v) is 2.24. The maximum absolute atomic E-state index is 12.2. The molecule has 3 nitrogen and oxygen atoms in total. The van der Waals surface area contributed by atoms with Crippen molar-refractivity contribution in [1.82, 2.24) is 4.90 Å². The van der Waals surface area contributed by atoms with Gasteiger partial charge < -0.3 is 10.2 Å². The summed E-state index contributed by atoms with van der Waals surface area (Å²) in [6.07, 6.45) is -7.02. The third kappa shape index (κ3) is 3.20. The maximum Gasteiger partial charge on any atom is 0.415 e. The number of aliphatic hydroxyl groups excluding tert-OH is 1. The molecule has 7 heteroatoms. The number of β-amino-alcohol motifs (C(OH)–C–C–N with tert-alkyl or cyclic N) is 2. The van der Waals surface area contributed by atoms with E-state index in [9.17, 15) is 18.3 Å². The predicted octanol–water partition coefficient (Wildman–Crippen LogP) is 1.77. The van der Waals surface area contributed by atoms with Gasteiger partial charge in [0.05, 0.1) is 0 Å². The molecular weight excluding hydrogens is 283 g/mol. The van der Waals surface area contributed by atoms with E-state index in [1.54, 1.807) is 24.3 Å². The van der Waals surface area contributed by atoms with Crippen LogP contribution in [0.4, 0.5) is 13.2 Å². The van der Waals surface area contributed by atoms with Crippen LogP contribution in [0.3, 0.4) is 0 Å².